The van der Waals surface area contributed by atoms with Gasteiger partial charge in [-0.15, -0.1) is 10.2 Å². The van der Waals surface area contributed by atoms with Gasteiger partial charge in [0.15, 0.2) is 5.82 Å². The van der Waals surface area contributed by atoms with E-state index in [1.807, 2.05) is 54.6 Å². The second-order valence-corrected chi connectivity index (χ2v) is 9.95. The third-order valence-corrected chi connectivity index (χ3v) is 7.54. The molecule has 1 saturated carbocycles. The van der Waals surface area contributed by atoms with Gasteiger partial charge in [0.25, 0.3) is 0 Å². The van der Waals surface area contributed by atoms with Crippen LogP contribution in [0.5, 0.6) is 0 Å². The van der Waals surface area contributed by atoms with E-state index in [1.54, 1.807) is 0 Å². The molecule has 34 heavy (non-hydrogen) atoms. The number of nitrogens with zero attached hydrogens (tertiary/aromatic N) is 3. The first-order valence-corrected chi connectivity index (χ1v) is 12.8. The molecule has 176 valence electrons. The van der Waals surface area contributed by atoms with Crippen molar-refractivity contribution in [3.8, 4) is 11.3 Å². The van der Waals surface area contributed by atoms with Gasteiger partial charge in [-0.05, 0) is 67.6 Å². The number of aromatic nitrogens is 2. The van der Waals surface area contributed by atoms with Crippen molar-refractivity contribution in [2.45, 2.75) is 56.8 Å². The highest BCUT2D eigenvalue weighted by Crippen LogP contribution is 2.42. The third kappa shape index (κ3) is 4.80. The molecule has 1 aliphatic heterocycles. The summed E-state index contributed by atoms with van der Waals surface area (Å²) in [6.45, 7) is 2.09. The largest absolute Gasteiger partial charge is 0.355 e. The molecule has 2 aromatic carbocycles. The molecule has 0 unspecified atom stereocenters. The summed E-state index contributed by atoms with van der Waals surface area (Å²) in [5.74, 6) is 0.994. The molecule has 1 aromatic heterocycles. The number of hydrogen-bond donors (Lipinski definition) is 1. The number of nitrogens with one attached hydrogen (secondary N) is 1. The summed E-state index contributed by atoms with van der Waals surface area (Å²) in [6, 6.07) is 19.7. The fraction of sp³-hybridized carbons (Fsp3) is 0.393. The van der Waals surface area contributed by atoms with Crippen molar-refractivity contribution < 1.29 is 4.79 Å². The lowest BCUT2D eigenvalue weighted by atomic mass is 9.78. The molecule has 0 spiro atoms. The molecular weight excluding hydrogens is 444 g/mol. The monoisotopic (exact) mass is 474 g/mol. The van der Waals surface area contributed by atoms with Crippen LogP contribution in [0.3, 0.4) is 0 Å². The third-order valence-electron chi connectivity index (χ3n) is 7.29. The molecule has 1 N–H and O–H groups in total. The van der Waals surface area contributed by atoms with Crippen LogP contribution >= 0.6 is 11.6 Å². The van der Waals surface area contributed by atoms with Crippen LogP contribution in [0.2, 0.25) is 5.02 Å². The van der Waals surface area contributed by atoms with Gasteiger partial charge < -0.3 is 10.2 Å². The second kappa shape index (κ2) is 10.1. The van der Waals surface area contributed by atoms with E-state index in [4.69, 9.17) is 11.6 Å². The molecule has 5 nitrogen and oxygen atoms in total. The lowest BCUT2D eigenvalue weighted by Crippen LogP contribution is -2.37. The van der Waals surface area contributed by atoms with E-state index in [0.717, 1.165) is 67.1 Å². The van der Waals surface area contributed by atoms with Gasteiger partial charge >= 0.3 is 0 Å². The first-order valence-electron chi connectivity index (χ1n) is 12.4. The first-order chi connectivity index (χ1) is 16.6. The van der Waals surface area contributed by atoms with Gasteiger partial charge in [0.2, 0.25) is 5.91 Å². The van der Waals surface area contributed by atoms with Crippen molar-refractivity contribution >= 4 is 29.0 Å². The van der Waals surface area contributed by atoms with E-state index in [2.05, 4.69) is 26.5 Å². The predicted molar refractivity (Wildman–Crippen MR) is 138 cm³/mol. The minimum atomic E-state index is -0.505. The van der Waals surface area contributed by atoms with Crippen molar-refractivity contribution in [3.05, 3.63) is 71.2 Å². The van der Waals surface area contributed by atoms with Crippen LogP contribution in [0.15, 0.2) is 60.7 Å². The summed E-state index contributed by atoms with van der Waals surface area (Å²) in [7, 11) is 0. The molecule has 2 heterocycles. The fourth-order valence-electron chi connectivity index (χ4n) is 5.35. The quantitative estimate of drug-likeness (QED) is 0.451. The number of amides is 1. The van der Waals surface area contributed by atoms with Crippen molar-refractivity contribution in [3.63, 3.8) is 0 Å². The molecule has 1 amide bonds. The van der Waals surface area contributed by atoms with Gasteiger partial charge in [0, 0.05) is 29.4 Å². The maximum atomic E-state index is 13.5. The number of carbonyl (C=O) groups excluding carboxylic acids is 1. The van der Waals surface area contributed by atoms with Crippen molar-refractivity contribution in [2.75, 3.05) is 23.3 Å². The summed E-state index contributed by atoms with van der Waals surface area (Å²) in [5.41, 5.74) is 3.07. The van der Waals surface area contributed by atoms with Gasteiger partial charge in [-0.1, -0.05) is 61.5 Å². The van der Waals surface area contributed by atoms with Gasteiger partial charge in [0.1, 0.15) is 0 Å². The fourth-order valence-corrected chi connectivity index (χ4v) is 5.47. The smallest absolute Gasteiger partial charge is 0.235 e. The maximum absolute atomic E-state index is 13.5. The molecule has 0 atom stereocenters. The van der Waals surface area contributed by atoms with Gasteiger partial charge in [-0.3, -0.25) is 4.79 Å². The Bertz CT molecular complexity index is 1120. The summed E-state index contributed by atoms with van der Waals surface area (Å²) in [6.07, 6.45) is 8.81. The zero-order chi connectivity index (χ0) is 23.4. The lowest BCUT2D eigenvalue weighted by molar-refractivity contribution is -0.121. The molecule has 2 fully saturated rings. The molecular formula is C28H31ClN4O. The van der Waals surface area contributed by atoms with Gasteiger partial charge in [-0.25, -0.2) is 0 Å². The van der Waals surface area contributed by atoms with Crippen LogP contribution in [0.4, 0.5) is 11.5 Å². The highest BCUT2D eigenvalue weighted by molar-refractivity contribution is 6.30. The predicted octanol–water partition coefficient (Wildman–Crippen LogP) is 6.63. The van der Waals surface area contributed by atoms with Gasteiger partial charge in [0.05, 0.1) is 11.1 Å². The molecule has 6 heteroatoms. The Morgan fingerprint density at radius 3 is 2.26 bits per heavy atom. The van der Waals surface area contributed by atoms with Crippen LogP contribution in [0.25, 0.3) is 11.3 Å². The van der Waals surface area contributed by atoms with Crippen molar-refractivity contribution in [2.24, 2.45) is 0 Å². The Hall–Kier alpha value is -2.92. The molecule has 0 bridgehead atoms. The van der Waals surface area contributed by atoms with E-state index < -0.39 is 5.41 Å². The Labute approximate surface area is 206 Å². The van der Waals surface area contributed by atoms with Crippen LogP contribution in [0, 0.1) is 0 Å². The molecule has 0 radical (unpaired) electrons. The zero-order valence-corrected chi connectivity index (χ0v) is 20.2. The van der Waals surface area contributed by atoms with Crippen molar-refractivity contribution in [1.29, 1.82) is 0 Å². The Morgan fingerprint density at radius 2 is 1.59 bits per heavy atom. The average molecular weight is 475 g/mol. The number of carbonyl (C=O) groups is 1. The minimum Gasteiger partial charge on any atom is -0.355 e. The molecule has 5 rings (SSSR count). The van der Waals surface area contributed by atoms with Crippen LogP contribution in [0.1, 0.15) is 56.9 Å². The molecule has 1 aliphatic carbocycles. The van der Waals surface area contributed by atoms with Gasteiger partial charge in [-0.2, -0.15) is 0 Å². The Kier molecular flexibility index (Phi) is 6.82. The standard InChI is InChI=1S/C28H31ClN4O/c29-23-12-10-22(11-13-23)28(16-3-4-17-28)27(34)30-24-9-7-8-21(20-24)25-14-15-26(32-31-25)33-18-5-1-2-6-19-33/h7-15,20H,1-6,16-19H2,(H,30,34). The normalized spacial score (nSPS) is 17.9. The summed E-state index contributed by atoms with van der Waals surface area (Å²) in [4.78, 5) is 15.9. The summed E-state index contributed by atoms with van der Waals surface area (Å²) in [5, 5.41) is 12.9. The van der Waals surface area contributed by atoms with E-state index in [9.17, 15) is 4.79 Å². The molecule has 1 saturated heterocycles. The number of benzene rings is 2. The SMILES string of the molecule is O=C(Nc1cccc(-c2ccc(N3CCCCCC3)nn2)c1)C1(c2ccc(Cl)cc2)CCCC1. The number of halogens is 1. The minimum absolute atomic E-state index is 0.0482. The zero-order valence-electron chi connectivity index (χ0n) is 19.5. The van der Waals surface area contributed by atoms with E-state index in [1.165, 1.54) is 25.7 Å². The average Bonchev–Trinajstić information content (AvgIpc) is 3.22. The van der Waals surface area contributed by atoms with Crippen molar-refractivity contribution in [1.82, 2.24) is 10.2 Å². The number of rotatable bonds is 5. The Balaban J connectivity index is 1.33. The topological polar surface area (TPSA) is 58.1 Å². The van der Waals surface area contributed by atoms with E-state index >= 15 is 0 Å². The Morgan fingerprint density at radius 1 is 0.853 bits per heavy atom. The van der Waals surface area contributed by atoms with Crippen LogP contribution in [-0.2, 0) is 10.2 Å². The summed E-state index contributed by atoms with van der Waals surface area (Å²) < 4.78 is 0. The van der Waals surface area contributed by atoms with Crippen LogP contribution in [-0.4, -0.2) is 29.2 Å². The number of hydrogen-bond acceptors (Lipinski definition) is 4. The highest BCUT2D eigenvalue weighted by atomic mass is 35.5. The lowest BCUT2D eigenvalue weighted by Gasteiger charge is -2.28. The number of anilines is 2. The first kappa shape index (κ1) is 22.9. The van der Waals surface area contributed by atoms with E-state index in [0.29, 0.717) is 5.02 Å². The second-order valence-electron chi connectivity index (χ2n) is 9.51. The maximum Gasteiger partial charge on any atom is 0.235 e. The molecule has 2 aliphatic rings. The highest BCUT2D eigenvalue weighted by Gasteiger charge is 2.42. The van der Waals surface area contributed by atoms with Crippen LogP contribution < -0.4 is 10.2 Å². The molecule has 3 aromatic rings. The summed E-state index contributed by atoms with van der Waals surface area (Å²) >= 11 is 6.10. The van der Waals surface area contributed by atoms with E-state index in [-0.39, 0.29) is 5.91 Å².